The Kier molecular flexibility index (Phi) is 4.24. The second-order valence-electron chi connectivity index (χ2n) is 6.79. The van der Waals surface area contributed by atoms with E-state index in [9.17, 15) is 0 Å². The van der Waals surface area contributed by atoms with Gasteiger partial charge in [0.05, 0.1) is 5.71 Å². The summed E-state index contributed by atoms with van der Waals surface area (Å²) < 4.78 is 0. The first-order valence-corrected chi connectivity index (χ1v) is 8.05. The van der Waals surface area contributed by atoms with Crippen molar-refractivity contribution in [2.45, 2.75) is 45.1 Å². The van der Waals surface area contributed by atoms with E-state index in [1.165, 1.54) is 25.9 Å². The second-order valence-corrected chi connectivity index (χ2v) is 6.79. The molecule has 1 saturated heterocycles. The SMILES string of the molecule is CC(C)CCN1CCCC2(CC(c3cccnc3)=NO2)C1. The van der Waals surface area contributed by atoms with Gasteiger partial charge in [-0.25, -0.2) is 0 Å². The van der Waals surface area contributed by atoms with Gasteiger partial charge in [-0.15, -0.1) is 0 Å². The van der Waals surface area contributed by atoms with E-state index in [0.29, 0.717) is 0 Å². The third kappa shape index (κ3) is 3.43. The van der Waals surface area contributed by atoms with E-state index >= 15 is 0 Å². The van der Waals surface area contributed by atoms with Crippen molar-refractivity contribution < 1.29 is 4.84 Å². The van der Waals surface area contributed by atoms with Gasteiger partial charge in [-0.1, -0.05) is 19.0 Å². The van der Waals surface area contributed by atoms with Crippen molar-refractivity contribution in [3.8, 4) is 0 Å². The van der Waals surface area contributed by atoms with Crippen LogP contribution in [-0.2, 0) is 4.84 Å². The van der Waals surface area contributed by atoms with Crippen LogP contribution < -0.4 is 0 Å². The fraction of sp³-hybridized carbons (Fsp3) is 0.647. The molecule has 0 aromatic carbocycles. The first-order chi connectivity index (χ1) is 10.2. The minimum absolute atomic E-state index is 0.0968. The number of piperidine rings is 1. The molecule has 1 spiro atoms. The largest absolute Gasteiger partial charge is 0.387 e. The van der Waals surface area contributed by atoms with E-state index in [1.807, 2.05) is 12.3 Å². The average molecular weight is 287 g/mol. The van der Waals surface area contributed by atoms with Gasteiger partial charge in [0.1, 0.15) is 0 Å². The molecule has 1 aromatic rings. The lowest BCUT2D eigenvalue weighted by Gasteiger charge is -2.38. The van der Waals surface area contributed by atoms with Crippen molar-refractivity contribution in [2.75, 3.05) is 19.6 Å². The molecule has 2 aliphatic heterocycles. The van der Waals surface area contributed by atoms with Crippen molar-refractivity contribution >= 4 is 5.71 Å². The van der Waals surface area contributed by atoms with E-state index in [2.05, 4.69) is 35.0 Å². The van der Waals surface area contributed by atoms with E-state index in [1.54, 1.807) is 6.20 Å². The van der Waals surface area contributed by atoms with Crippen molar-refractivity contribution in [1.82, 2.24) is 9.88 Å². The molecule has 0 aliphatic carbocycles. The maximum absolute atomic E-state index is 5.90. The zero-order chi connectivity index (χ0) is 14.7. The van der Waals surface area contributed by atoms with Crippen LogP contribution in [0.4, 0.5) is 0 Å². The van der Waals surface area contributed by atoms with Gasteiger partial charge in [-0.05, 0) is 50.4 Å². The molecule has 0 amide bonds. The van der Waals surface area contributed by atoms with E-state index in [0.717, 1.165) is 36.6 Å². The first-order valence-electron chi connectivity index (χ1n) is 8.05. The molecule has 1 aromatic heterocycles. The van der Waals surface area contributed by atoms with Gasteiger partial charge in [0.15, 0.2) is 5.60 Å². The monoisotopic (exact) mass is 287 g/mol. The van der Waals surface area contributed by atoms with Gasteiger partial charge in [-0.2, -0.15) is 0 Å². The average Bonchev–Trinajstić information content (AvgIpc) is 2.90. The third-order valence-electron chi connectivity index (χ3n) is 4.48. The number of pyridine rings is 1. The molecular weight excluding hydrogens is 262 g/mol. The van der Waals surface area contributed by atoms with Gasteiger partial charge in [0, 0.05) is 30.9 Å². The molecule has 1 atom stereocenters. The van der Waals surface area contributed by atoms with Crippen LogP contribution in [-0.4, -0.2) is 40.8 Å². The Bertz CT molecular complexity index is 500. The Hall–Kier alpha value is -1.42. The van der Waals surface area contributed by atoms with Gasteiger partial charge < -0.3 is 4.84 Å². The van der Waals surface area contributed by atoms with E-state index in [-0.39, 0.29) is 5.60 Å². The van der Waals surface area contributed by atoms with Crippen LogP contribution >= 0.6 is 0 Å². The normalized spacial score (nSPS) is 26.1. The molecule has 114 valence electrons. The summed E-state index contributed by atoms with van der Waals surface area (Å²) >= 11 is 0. The zero-order valence-electron chi connectivity index (χ0n) is 13.1. The summed E-state index contributed by atoms with van der Waals surface area (Å²) in [6, 6.07) is 4.02. The topological polar surface area (TPSA) is 37.7 Å². The quantitative estimate of drug-likeness (QED) is 0.854. The Morgan fingerprint density at radius 3 is 3.10 bits per heavy atom. The molecule has 21 heavy (non-hydrogen) atoms. The lowest BCUT2D eigenvalue weighted by atomic mass is 9.86. The summed E-state index contributed by atoms with van der Waals surface area (Å²) in [5.74, 6) is 0.759. The summed E-state index contributed by atoms with van der Waals surface area (Å²) in [7, 11) is 0. The summed E-state index contributed by atoms with van der Waals surface area (Å²) in [6.45, 7) is 7.95. The number of nitrogens with zero attached hydrogens (tertiary/aromatic N) is 3. The predicted octanol–water partition coefficient (Wildman–Crippen LogP) is 3.09. The fourth-order valence-corrected chi connectivity index (χ4v) is 3.25. The molecule has 3 rings (SSSR count). The highest BCUT2D eigenvalue weighted by molar-refractivity contribution is 6.01. The lowest BCUT2D eigenvalue weighted by molar-refractivity contribution is -0.0691. The molecule has 0 radical (unpaired) electrons. The maximum Gasteiger partial charge on any atom is 0.156 e. The van der Waals surface area contributed by atoms with Gasteiger partial charge in [-0.3, -0.25) is 9.88 Å². The molecule has 0 bridgehead atoms. The first kappa shape index (κ1) is 14.5. The van der Waals surface area contributed by atoms with Gasteiger partial charge >= 0.3 is 0 Å². The fourth-order valence-electron chi connectivity index (χ4n) is 3.25. The standard InChI is InChI=1S/C17H25N3O/c1-14(2)6-10-20-9-4-7-17(13-20)11-16(19-21-17)15-5-3-8-18-12-15/h3,5,8,12,14H,4,6-7,9-11,13H2,1-2H3. The van der Waals surface area contributed by atoms with Gasteiger partial charge in [0.25, 0.3) is 0 Å². The van der Waals surface area contributed by atoms with Crippen molar-refractivity contribution in [3.63, 3.8) is 0 Å². The molecule has 0 N–H and O–H groups in total. The molecular formula is C17H25N3O. The summed E-state index contributed by atoms with van der Waals surface area (Å²) in [4.78, 5) is 12.6. The van der Waals surface area contributed by atoms with Crippen LogP contribution in [0.15, 0.2) is 29.7 Å². The van der Waals surface area contributed by atoms with Gasteiger partial charge in [0.2, 0.25) is 0 Å². The third-order valence-corrected chi connectivity index (χ3v) is 4.48. The summed E-state index contributed by atoms with van der Waals surface area (Å²) in [5.41, 5.74) is 2.04. The zero-order valence-corrected chi connectivity index (χ0v) is 13.1. The Balaban J connectivity index is 1.62. The number of rotatable bonds is 4. The van der Waals surface area contributed by atoms with Crippen LogP contribution in [0.1, 0.15) is 45.1 Å². The minimum atomic E-state index is -0.0968. The van der Waals surface area contributed by atoms with Crippen molar-refractivity contribution in [2.24, 2.45) is 11.1 Å². The molecule has 2 aliphatic rings. The summed E-state index contributed by atoms with van der Waals surface area (Å²) in [6.07, 6.45) is 8.15. The molecule has 1 fully saturated rings. The van der Waals surface area contributed by atoms with Crippen LogP contribution in [0.3, 0.4) is 0 Å². The molecule has 1 unspecified atom stereocenters. The highest BCUT2D eigenvalue weighted by Gasteiger charge is 2.42. The maximum atomic E-state index is 5.90. The molecule has 3 heterocycles. The van der Waals surface area contributed by atoms with E-state index < -0.39 is 0 Å². The lowest BCUT2D eigenvalue weighted by Crippen LogP contribution is -2.48. The van der Waals surface area contributed by atoms with Crippen LogP contribution in [0.25, 0.3) is 0 Å². The summed E-state index contributed by atoms with van der Waals surface area (Å²) in [5, 5.41) is 4.36. The smallest absolute Gasteiger partial charge is 0.156 e. The van der Waals surface area contributed by atoms with Crippen LogP contribution in [0, 0.1) is 5.92 Å². The predicted molar refractivity (Wildman–Crippen MR) is 84.3 cm³/mol. The molecule has 0 saturated carbocycles. The molecule has 4 heteroatoms. The van der Waals surface area contributed by atoms with Crippen LogP contribution in [0.5, 0.6) is 0 Å². The highest BCUT2D eigenvalue weighted by Crippen LogP contribution is 2.34. The Morgan fingerprint density at radius 1 is 1.43 bits per heavy atom. The Labute approximate surface area is 127 Å². The van der Waals surface area contributed by atoms with Crippen molar-refractivity contribution in [1.29, 1.82) is 0 Å². The second kappa shape index (κ2) is 6.14. The number of likely N-dealkylation sites (tertiary alicyclic amines) is 1. The number of oxime groups is 1. The van der Waals surface area contributed by atoms with Crippen molar-refractivity contribution in [3.05, 3.63) is 30.1 Å². The highest BCUT2D eigenvalue weighted by atomic mass is 16.7. The number of hydrogen-bond donors (Lipinski definition) is 0. The molecule has 4 nitrogen and oxygen atoms in total. The van der Waals surface area contributed by atoms with E-state index in [4.69, 9.17) is 4.84 Å². The number of aromatic nitrogens is 1. The minimum Gasteiger partial charge on any atom is -0.387 e. The number of hydrogen-bond acceptors (Lipinski definition) is 4. The Morgan fingerprint density at radius 2 is 2.33 bits per heavy atom. The van der Waals surface area contributed by atoms with Crippen LogP contribution in [0.2, 0.25) is 0 Å².